The minimum atomic E-state index is 0.318. The first-order valence-electron chi connectivity index (χ1n) is 8.24. The summed E-state index contributed by atoms with van der Waals surface area (Å²) in [4.78, 5) is 10.4. The van der Waals surface area contributed by atoms with Crippen LogP contribution in [0.3, 0.4) is 0 Å². The lowest BCUT2D eigenvalue weighted by Crippen LogP contribution is -2.34. The van der Waals surface area contributed by atoms with E-state index in [2.05, 4.69) is 39.1 Å². The third-order valence-corrected chi connectivity index (χ3v) is 4.77. The average molecular weight is 307 g/mol. The molecule has 118 valence electrons. The van der Waals surface area contributed by atoms with Gasteiger partial charge in [0.2, 0.25) is 0 Å². The van der Waals surface area contributed by atoms with Crippen molar-refractivity contribution in [2.45, 2.75) is 12.8 Å². The van der Waals surface area contributed by atoms with Gasteiger partial charge >= 0.3 is 0 Å². The zero-order chi connectivity index (χ0) is 15.6. The molecule has 0 atom stereocenters. The molecule has 0 amide bonds. The van der Waals surface area contributed by atoms with Crippen LogP contribution in [0.5, 0.6) is 0 Å². The normalized spacial score (nSPS) is 16.1. The molecule has 4 nitrogen and oxygen atoms in total. The smallest absolute Gasteiger partial charge is 0.138 e. The number of fused-ring (bicyclic) bond motifs is 1. The second kappa shape index (κ2) is 6.05. The van der Waals surface area contributed by atoms with Crippen LogP contribution in [0.2, 0.25) is 0 Å². The van der Waals surface area contributed by atoms with Crippen molar-refractivity contribution < 1.29 is 5.11 Å². The zero-order valence-corrected chi connectivity index (χ0v) is 13.1. The third-order valence-electron chi connectivity index (χ3n) is 4.77. The van der Waals surface area contributed by atoms with Crippen LogP contribution in [0.15, 0.2) is 48.5 Å². The van der Waals surface area contributed by atoms with Crippen LogP contribution in [0, 0.1) is 5.92 Å². The summed E-state index contributed by atoms with van der Waals surface area (Å²) in [6, 6.07) is 16.7. The fraction of sp³-hybridized carbons (Fsp3) is 0.316. The number of aromatic amines is 1. The van der Waals surface area contributed by atoms with Crippen molar-refractivity contribution in [1.82, 2.24) is 9.97 Å². The van der Waals surface area contributed by atoms with Gasteiger partial charge in [-0.1, -0.05) is 12.1 Å². The summed E-state index contributed by atoms with van der Waals surface area (Å²) < 4.78 is 0. The van der Waals surface area contributed by atoms with Crippen molar-refractivity contribution in [2.75, 3.05) is 24.6 Å². The van der Waals surface area contributed by atoms with Crippen molar-refractivity contribution >= 4 is 16.7 Å². The van der Waals surface area contributed by atoms with Crippen LogP contribution in [-0.4, -0.2) is 34.8 Å². The van der Waals surface area contributed by atoms with Crippen molar-refractivity contribution in [3.63, 3.8) is 0 Å². The average Bonchev–Trinajstić information content (AvgIpc) is 3.06. The number of H-pyrrole nitrogens is 1. The maximum atomic E-state index is 9.24. The van der Waals surface area contributed by atoms with E-state index in [1.165, 1.54) is 5.69 Å². The Hall–Kier alpha value is -2.33. The molecule has 2 heterocycles. The summed E-state index contributed by atoms with van der Waals surface area (Å²) >= 11 is 0. The van der Waals surface area contributed by atoms with E-state index < -0.39 is 0 Å². The number of anilines is 1. The van der Waals surface area contributed by atoms with Gasteiger partial charge in [0.1, 0.15) is 5.82 Å². The van der Waals surface area contributed by atoms with Gasteiger partial charge in [0.15, 0.2) is 0 Å². The molecule has 0 spiro atoms. The first-order valence-corrected chi connectivity index (χ1v) is 8.24. The van der Waals surface area contributed by atoms with Gasteiger partial charge in [-0.05, 0) is 55.2 Å². The summed E-state index contributed by atoms with van der Waals surface area (Å²) in [5.41, 5.74) is 4.42. The van der Waals surface area contributed by atoms with Crippen molar-refractivity contribution in [3.8, 4) is 11.4 Å². The predicted octanol–water partition coefficient (Wildman–Crippen LogP) is 3.44. The van der Waals surface area contributed by atoms with E-state index in [1.54, 1.807) is 0 Å². The van der Waals surface area contributed by atoms with Crippen LogP contribution in [0.25, 0.3) is 22.4 Å². The molecule has 0 aliphatic carbocycles. The lowest BCUT2D eigenvalue weighted by molar-refractivity contribution is 0.203. The van der Waals surface area contributed by atoms with E-state index in [0.717, 1.165) is 48.4 Å². The number of aliphatic hydroxyl groups is 1. The Morgan fingerprint density at radius 1 is 1.04 bits per heavy atom. The summed E-state index contributed by atoms with van der Waals surface area (Å²) in [5, 5.41) is 9.24. The Morgan fingerprint density at radius 3 is 2.48 bits per heavy atom. The molecule has 0 radical (unpaired) electrons. The van der Waals surface area contributed by atoms with E-state index in [9.17, 15) is 5.11 Å². The molecule has 3 aromatic rings. The molecule has 0 saturated carbocycles. The molecule has 1 fully saturated rings. The standard InChI is InChI=1S/C19H21N3O/c23-13-14-9-11-22(12-10-14)16-7-5-15(6-8-16)19-20-17-3-1-2-4-18(17)21-19/h1-8,14,23H,9-13H2,(H,20,21). The van der Waals surface area contributed by atoms with Crippen molar-refractivity contribution in [3.05, 3.63) is 48.5 Å². The highest BCUT2D eigenvalue weighted by molar-refractivity contribution is 5.79. The number of para-hydroxylation sites is 2. The lowest BCUT2D eigenvalue weighted by Gasteiger charge is -2.32. The monoisotopic (exact) mass is 307 g/mol. The number of piperidine rings is 1. The molecule has 4 rings (SSSR count). The number of rotatable bonds is 3. The zero-order valence-electron chi connectivity index (χ0n) is 13.1. The molecule has 1 saturated heterocycles. The van der Waals surface area contributed by atoms with Gasteiger partial charge in [0, 0.05) is 30.9 Å². The minimum Gasteiger partial charge on any atom is -0.396 e. The maximum Gasteiger partial charge on any atom is 0.138 e. The Balaban J connectivity index is 1.54. The quantitative estimate of drug-likeness (QED) is 0.779. The van der Waals surface area contributed by atoms with E-state index in [0.29, 0.717) is 12.5 Å². The second-order valence-corrected chi connectivity index (χ2v) is 6.26. The molecular weight excluding hydrogens is 286 g/mol. The molecule has 1 aromatic heterocycles. The first kappa shape index (κ1) is 14.3. The van der Waals surface area contributed by atoms with Gasteiger partial charge in [-0.3, -0.25) is 0 Å². The molecule has 2 N–H and O–H groups in total. The van der Waals surface area contributed by atoms with Crippen LogP contribution in [0.1, 0.15) is 12.8 Å². The number of imidazole rings is 1. The Kier molecular flexibility index (Phi) is 3.75. The highest BCUT2D eigenvalue weighted by Gasteiger charge is 2.18. The minimum absolute atomic E-state index is 0.318. The van der Waals surface area contributed by atoms with E-state index in [4.69, 9.17) is 0 Å². The number of benzene rings is 2. The van der Waals surface area contributed by atoms with Crippen molar-refractivity contribution in [2.24, 2.45) is 5.92 Å². The molecule has 1 aliphatic heterocycles. The Morgan fingerprint density at radius 2 is 1.78 bits per heavy atom. The third kappa shape index (κ3) is 2.82. The van der Waals surface area contributed by atoms with Crippen LogP contribution in [-0.2, 0) is 0 Å². The number of hydrogen-bond donors (Lipinski definition) is 2. The van der Waals surface area contributed by atoms with E-state index >= 15 is 0 Å². The largest absolute Gasteiger partial charge is 0.396 e. The number of nitrogens with one attached hydrogen (secondary N) is 1. The van der Waals surface area contributed by atoms with Gasteiger partial charge < -0.3 is 15.0 Å². The fourth-order valence-corrected chi connectivity index (χ4v) is 3.29. The van der Waals surface area contributed by atoms with Crippen LogP contribution in [0.4, 0.5) is 5.69 Å². The number of nitrogens with zero attached hydrogens (tertiary/aromatic N) is 2. The summed E-state index contributed by atoms with van der Waals surface area (Å²) in [5.74, 6) is 1.39. The second-order valence-electron chi connectivity index (χ2n) is 6.26. The van der Waals surface area contributed by atoms with Gasteiger partial charge in [-0.25, -0.2) is 4.98 Å². The number of hydrogen-bond acceptors (Lipinski definition) is 3. The summed E-state index contributed by atoms with van der Waals surface area (Å²) in [7, 11) is 0. The number of aliphatic hydroxyl groups excluding tert-OH is 1. The van der Waals surface area contributed by atoms with Gasteiger partial charge in [-0.2, -0.15) is 0 Å². The molecule has 2 aromatic carbocycles. The predicted molar refractivity (Wildman–Crippen MR) is 93.6 cm³/mol. The molecule has 1 aliphatic rings. The Labute approximate surface area is 135 Å². The van der Waals surface area contributed by atoms with E-state index in [1.807, 2.05) is 24.3 Å². The summed E-state index contributed by atoms with van der Waals surface area (Å²) in [6.45, 7) is 2.36. The highest BCUT2D eigenvalue weighted by Crippen LogP contribution is 2.26. The highest BCUT2D eigenvalue weighted by atomic mass is 16.3. The lowest BCUT2D eigenvalue weighted by atomic mass is 9.97. The van der Waals surface area contributed by atoms with Crippen LogP contribution < -0.4 is 4.90 Å². The Bertz CT molecular complexity index is 753. The number of aromatic nitrogens is 2. The molecule has 23 heavy (non-hydrogen) atoms. The SMILES string of the molecule is OCC1CCN(c2ccc(-c3nc4ccccc4[nH]3)cc2)CC1. The molecule has 0 bridgehead atoms. The first-order chi connectivity index (χ1) is 11.3. The van der Waals surface area contributed by atoms with Gasteiger partial charge in [0.05, 0.1) is 11.0 Å². The fourth-order valence-electron chi connectivity index (χ4n) is 3.29. The van der Waals surface area contributed by atoms with E-state index in [-0.39, 0.29) is 0 Å². The topological polar surface area (TPSA) is 52.1 Å². The molecule has 4 heteroatoms. The maximum absolute atomic E-state index is 9.24. The van der Waals surface area contributed by atoms with Gasteiger partial charge in [-0.15, -0.1) is 0 Å². The van der Waals surface area contributed by atoms with Gasteiger partial charge in [0.25, 0.3) is 0 Å². The molecule has 0 unspecified atom stereocenters. The summed E-state index contributed by atoms with van der Waals surface area (Å²) in [6.07, 6.45) is 2.14. The van der Waals surface area contributed by atoms with Crippen LogP contribution >= 0.6 is 0 Å². The molecular formula is C19H21N3O. The van der Waals surface area contributed by atoms with Crippen molar-refractivity contribution in [1.29, 1.82) is 0 Å².